The van der Waals surface area contributed by atoms with Gasteiger partial charge in [-0.2, -0.15) is 9.40 Å². The predicted octanol–water partition coefficient (Wildman–Crippen LogP) is 1.02. The second-order valence-electron chi connectivity index (χ2n) is 8.51. The number of hydrogen-bond donors (Lipinski definition) is 0. The van der Waals surface area contributed by atoms with E-state index < -0.39 is 10.0 Å². The van der Waals surface area contributed by atoms with Gasteiger partial charge in [0.05, 0.1) is 10.6 Å². The summed E-state index contributed by atoms with van der Waals surface area (Å²) in [6.07, 6.45) is 3.42. The maximum atomic E-state index is 13.1. The molecule has 0 spiro atoms. The molecule has 11 heteroatoms. The number of aryl methyl sites for hydroxylation is 2. The number of hydrogen-bond acceptors (Lipinski definition) is 6. The monoisotopic (exact) mass is 471 g/mol. The molecule has 4 heterocycles. The summed E-state index contributed by atoms with van der Waals surface area (Å²) in [5.74, 6) is -0.733. The fourth-order valence-electron chi connectivity index (χ4n) is 4.60. The summed E-state index contributed by atoms with van der Waals surface area (Å²) in [4.78, 5) is 39.5. The van der Waals surface area contributed by atoms with Crippen molar-refractivity contribution in [2.24, 2.45) is 0 Å². The molecule has 10 nitrogen and oxygen atoms in total. The molecule has 3 aliphatic heterocycles. The van der Waals surface area contributed by atoms with Gasteiger partial charge in [-0.3, -0.25) is 24.0 Å². The number of carbonyl (C=O) groups excluding carboxylic acids is 3. The molecule has 33 heavy (non-hydrogen) atoms. The number of nitrogens with zero attached hydrogens (tertiary/aromatic N) is 5. The normalized spacial score (nSPS) is 19.8. The molecule has 5 rings (SSSR count). The standard InChI is InChI=1S/C22H25N5O5S/c28-20-8-9-21(29)27(20)16-4-6-18(7-5-16)33(31,32)25-13-11-24(12-14-25)22(30)19-15-17-3-1-2-10-26(17)23-19/h4-7,15H,1-3,8-14H2. The lowest BCUT2D eigenvalue weighted by molar-refractivity contribution is -0.121. The minimum absolute atomic E-state index is 0.0897. The van der Waals surface area contributed by atoms with Crippen LogP contribution in [-0.4, -0.2) is 71.3 Å². The molecule has 0 saturated carbocycles. The number of piperazine rings is 1. The average molecular weight is 472 g/mol. The van der Waals surface area contributed by atoms with Crippen LogP contribution in [0.2, 0.25) is 0 Å². The summed E-state index contributed by atoms with van der Waals surface area (Å²) >= 11 is 0. The van der Waals surface area contributed by atoms with Crippen molar-refractivity contribution in [3.63, 3.8) is 0 Å². The predicted molar refractivity (Wildman–Crippen MR) is 118 cm³/mol. The Hall–Kier alpha value is -3.05. The number of benzene rings is 1. The molecule has 0 aliphatic carbocycles. The minimum atomic E-state index is -3.76. The zero-order valence-corrected chi connectivity index (χ0v) is 19.0. The Balaban J connectivity index is 1.24. The van der Waals surface area contributed by atoms with E-state index in [0.29, 0.717) is 11.4 Å². The van der Waals surface area contributed by atoms with E-state index in [2.05, 4.69) is 5.10 Å². The largest absolute Gasteiger partial charge is 0.335 e. The van der Waals surface area contributed by atoms with Crippen molar-refractivity contribution in [3.8, 4) is 0 Å². The molecule has 1 aromatic heterocycles. The summed E-state index contributed by atoms with van der Waals surface area (Å²) in [5, 5.41) is 4.43. The van der Waals surface area contributed by atoms with Gasteiger partial charge in [-0.25, -0.2) is 8.42 Å². The van der Waals surface area contributed by atoms with E-state index in [4.69, 9.17) is 0 Å². The number of imide groups is 1. The molecule has 3 amide bonds. The van der Waals surface area contributed by atoms with E-state index in [1.54, 1.807) is 4.90 Å². The minimum Gasteiger partial charge on any atom is -0.335 e. The Bertz CT molecular complexity index is 1170. The first-order valence-corrected chi connectivity index (χ1v) is 12.6. The van der Waals surface area contributed by atoms with E-state index >= 15 is 0 Å². The first kappa shape index (κ1) is 21.8. The molecule has 174 valence electrons. The number of aromatic nitrogens is 2. The van der Waals surface area contributed by atoms with Gasteiger partial charge in [0.2, 0.25) is 21.8 Å². The van der Waals surface area contributed by atoms with Crippen LogP contribution in [0.4, 0.5) is 5.69 Å². The van der Waals surface area contributed by atoms with Crippen LogP contribution in [0.3, 0.4) is 0 Å². The van der Waals surface area contributed by atoms with Gasteiger partial charge in [-0.1, -0.05) is 0 Å². The van der Waals surface area contributed by atoms with E-state index in [0.717, 1.165) is 36.4 Å². The molecular formula is C22H25N5O5S. The van der Waals surface area contributed by atoms with Crippen molar-refractivity contribution in [1.82, 2.24) is 19.0 Å². The van der Waals surface area contributed by atoms with Crippen LogP contribution in [0.5, 0.6) is 0 Å². The van der Waals surface area contributed by atoms with Crippen molar-refractivity contribution >= 4 is 33.4 Å². The van der Waals surface area contributed by atoms with Crippen LogP contribution in [-0.2, 0) is 32.6 Å². The Labute approximate surface area is 191 Å². The molecular weight excluding hydrogens is 446 g/mol. The van der Waals surface area contributed by atoms with E-state index in [1.165, 1.54) is 28.6 Å². The molecule has 2 saturated heterocycles. The number of rotatable bonds is 4. The molecule has 0 radical (unpaired) electrons. The van der Waals surface area contributed by atoms with Gasteiger partial charge in [0, 0.05) is 51.3 Å². The van der Waals surface area contributed by atoms with Crippen molar-refractivity contribution < 1.29 is 22.8 Å². The highest BCUT2D eigenvalue weighted by molar-refractivity contribution is 7.89. The molecule has 0 atom stereocenters. The van der Waals surface area contributed by atoms with Crippen molar-refractivity contribution in [2.75, 3.05) is 31.1 Å². The maximum absolute atomic E-state index is 13.1. The van der Waals surface area contributed by atoms with E-state index in [-0.39, 0.29) is 61.6 Å². The van der Waals surface area contributed by atoms with Gasteiger partial charge >= 0.3 is 0 Å². The number of carbonyl (C=O) groups is 3. The van der Waals surface area contributed by atoms with Gasteiger partial charge < -0.3 is 4.90 Å². The summed E-state index contributed by atoms with van der Waals surface area (Å²) in [6, 6.07) is 7.64. The van der Waals surface area contributed by atoms with Crippen LogP contribution < -0.4 is 4.90 Å². The highest BCUT2D eigenvalue weighted by Gasteiger charge is 2.33. The third-order valence-electron chi connectivity index (χ3n) is 6.45. The van der Waals surface area contributed by atoms with Gasteiger partial charge in [0.15, 0.2) is 5.69 Å². The van der Waals surface area contributed by atoms with Gasteiger partial charge in [-0.05, 0) is 49.6 Å². The molecule has 0 bridgehead atoms. The lowest BCUT2D eigenvalue weighted by atomic mass is 10.1. The Morgan fingerprint density at radius 3 is 2.15 bits per heavy atom. The molecule has 0 N–H and O–H groups in total. The highest BCUT2D eigenvalue weighted by atomic mass is 32.2. The van der Waals surface area contributed by atoms with Crippen molar-refractivity contribution in [1.29, 1.82) is 0 Å². The van der Waals surface area contributed by atoms with Gasteiger partial charge in [-0.15, -0.1) is 0 Å². The SMILES string of the molecule is O=C(c1cc2n(n1)CCCC2)N1CCN(S(=O)(=O)c2ccc(N3C(=O)CCC3=O)cc2)CC1. The Morgan fingerprint density at radius 1 is 0.848 bits per heavy atom. The second-order valence-corrected chi connectivity index (χ2v) is 10.5. The fraction of sp³-hybridized carbons (Fsp3) is 0.455. The zero-order chi connectivity index (χ0) is 23.2. The van der Waals surface area contributed by atoms with Crippen LogP contribution in [0.1, 0.15) is 41.9 Å². The topological polar surface area (TPSA) is 113 Å². The quantitative estimate of drug-likeness (QED) is 0.616. The molecule has 2 aromatic rings. The van der Waals surface area contributed by atoms with E-state index in [9.17, 15) is 22.8 Å². The fourth-order valence-corrected chi connectivity index (χ4v) is 6.02. The summed E-state index contributed by atoms with van der Waals surface area (Å²) in [5.41, 5.74) is 1.87. The van der Waals surface area contributed by atoms with Gasteiger partial charge in [0.25, 0.3) is 5.91 Å². The van der Waals surface area contributed by atoms with Crippen molar-refractivity contribution in [2.45, 2.75) is 43.5 Å². The summed E-state index contributed by atoms with van der Waals surface area (Å²) in [7, 11) is -3.76. The lowest BCUT2D eigenvalue weighted by Crippen LogP contribution is -2.50. The Kier molecular flexibility index (Phi) is 5.53. The number of sulfonamides is 1. The number of anilines is 1. The molecule has 3 aliphatic rings. The first-order valence-electron chi connectivity index (χ1n) is 11.2. The van der Waals surface area contributed by atoms with Crippen molar-refractivity contribution in [3.05, 3.63) is 41.7 Å². The molecule has 2 fully saturated rings. The van der Waals surface area contributed by atoms with Crippen LogP contribution in [0, 0.1) is 0 Å². The zero-order valence-electron chi connectivity index (χ0n) is 18.1. The van der Waals surface area contributed by atoms with Crippen LogP contribution >= 0.6 is 0 Å². The van der Waals surface area contributed by atoms with Crippen LogP contribution in [0.25, 0.3) is 0 Å². The molecule has 0 unspecified atom stereocenters. The summed E-state index contributed by atoms with van der Waals surface area (Å²) < 4.78 is 29.4. The highest BCUT2D eigenvalue weighted by Crippen LogP contribution is 2.26. The van der Waals surface area contributed by atoms with E-state index in [1.807, 2.05) is 10.7 Å². The first-order chi connectivity index (χ1) is 15.8. The van der Waals surface area contributed by atoms with Gasteiger partial charge in [0.1, 0.15) is 0 Å². The van der Waals surface area contributed by atoms with Crippen LogP contribution in [0.15, 0.2) is 35.2 Å². The number of amides is 3. The Morgan fingerprint density at radius 2 is 1.52 bits per heavy atom. The number of fused-ring (bicyclic) bond motifs is 1. The smallest absolute Gasteiger partial charge is 0.274 e. The summed E-state index contributed by atoms with van der Waals surface area (Å²) in [6.45, 7) is 1.77. The third-order valence-corrected chi connectivity index (χ3v) is 8.36. The molecule has 1 aromatic carbocycles. The lowest BCUT2D eigenvalue weighted by Gasteiger charge is -2.33. The second kappa shape index (κ2) is 8.38. The third kappa shape index (κ3) is 3.95. The average Bonchev–Trinajstić information content (AvgIpc) is 3.41. The maximum Gasteiger partial charge on any atom is 0.274 e.